The van der Waals surface area contributed by atoms with Crippen LogP contribution >= 0.6 is 0 Å². The average molecular weight is 376 g/mol. The third kappa shape index (κ3) is 6.54. The molecule has 1 aliphatic carbocycles. The first kappa shape index (κ1) is 21.2. The van der Waals surface area contributed by atoms with Crippen molar-refractivity contribution in [2.24, 2.45) is 10.4 Å². The molecule has 0 unspecified atom stereocenters. The molecule has 1 aromatic rings. The second kappa shape index (κ2) is 10.9. The van der Waals surface area contributed by atoms with E-state index >= 15 is 0 Å². The summed E-state index contributed by atoms with van der Waals surface area (Å²) in [6.45, 7) is 2.53. The normalized spacial score (nSPS) is 16.2. The number of carbonyl (C=O) groups is 1. The van der Waals surface area contributed by atoms with Crippen LogP contribution in [0.5, 0.6) is 0 Å². The van der Waals surface area contributed by atoms with E-state index in [0.29, 0.717) is 11.0 Å². The number of aliphatic imine (C=N–C) groups is 1. The number of carbonyl (C=O) groups excluding carboxylic acids is 1. The highest BCUT2D eigenvalue weighted by Crippen LogP contribution is 2.40. The van der Waals surface area contributed by atoms with Crippen LogP contribution in [0.25, 0.3) is 0 Å². The Morgan fingerprint density at radius 3 is 2.44 bits per heavy atom. The van der Waals surface area contributed by atoms with Crippen LogP contribution < -0.4 is 10.6 Å². The smallest absolute Gasteiger partial charge is 0.337 e. The van der Waals surface area contributed by atoms with E-state index in [0.717, 1.165) is 44.1 Å². The topological polar surface area (TPSA) is 72.0 Å². The summed E-state index contributed by atoms with van der Waals surface area (Å²) in [7, 11) is 4.97. The molecule has 0 saturated heterocycles. The summed E-state index contributed by atoms with van der Waals surface area (Å²) in [5.74, 6) is 0.531. The van der Waals surface area contributed by atoms with Crippen LogP contribution in [0.15, 0.2) is 29.3 Å². The summed E-state index contributed by atoms with van der Waals surface area (Å²) < 4.78 is 10.0. The molecule has 0 heterocycles. The molecule has 6 nitrogen and oxygen atoms in total. The molecule has 1 aromatic carbocycles. The van der Waals surface area contributed by atoms with Gasteiger partial charge < -0.3 is 20.1 Å². The number of methoxy groups -OCH3 is 2. The van der Waals surface area contributed by atoms with Gasteiger partial charge in [0.05, 0.1) is 12.7 Å². The second-order valence-corrected chi connectivity index (χ2v) is 7.24. The minimum absolute atomic E-state index is 0.307. The van der Waals surface area contributed by atoms with E-state index in [4.69, 9.17) is 9.47 Å². The number of hydrogen-bond acceptors (Lipinski definition) is 4. The summed E-state index contributed by atoms with van der Waals surface area (Å²) in [4.78, 5) is 15.8. The minimum Gasteiger partial charge on any atom is -0.465 e. The molecular weight excluding hydrogens is 342 g/mol. The van der Waals surface area contributed by atoms with E-state index < -0.39 is 0 Å². The molecule has 1 fully saturated rings. The van der Waals surface area contributed by atoms with Gasteiger partial charge in [0.1, 0.15) is 0 Å². The Bertz CT molecular complexity index is 608. The van der Waals surface area contributed by atoms with Gasteiger partial charge in [-0.3, -0.25) is 4.99 Å². The maximum Gasteiger partial charge on any atom is 0.337 e. The highest BCUT2D eigenvalue weighted by atomic mass is 16.5. The molecular formula is C21H33N3O3. The van der Waals surface area contributed by atoms with Crippen LogP contribution in [0.1, 0.15) is 48.0 Å². The quantitative estimate of drug-likeness (QED) is 0.394. The molecule has 1 saturated carbocycles. The Balaban J connectivity index is 1.77. The zero-order chi connectivity index (χ0) is 19.5. The van der Waals surface area contributed by atoms with Gasteiger partial charge in [-0.15, -0.1) is 0 Å². The third-order valence-electron chi connectivity index (χ3n) is 5.44. The summed E-state index contributed by atoms with van der Waals surface area (Å²) in [5.41, 5.74) is 2.07. The standard InChI is InChI=1S/C21H33N3O3/c1-22-20(24-16-21(13-15-26-2)11-4-5-12-21)23-14-10-17-6-8-18(9-7-17)19(25)27-3/h6-9H,4-5,10-16H2,1-3H3,(H2,22,23,24). The Kier molecular flexibility index (Phi) is 8.58. The third-order valence-corrected chi connectivity index (χ3v) is 5.44. The number of nitrogens with one attached hydrogen (secondary N) is 2. The average Bonchev–Trinajstić information content (AvgIpc) is 3.18. The van der Waals surface area contributed by atoms with Gasteiger partial charge in [-0.1, -0.05) is 25.0 Å². The number of esters is 1. The highest BCUT2D eigenvalue weighted by molar-refractivity contribution is 5.89. The van der Waals surface area contributed by atoms with Crippen molar-refractivity contribution in [1.82, 2.24) is 10.6 Å². The van der Waals surface area contributed by atoms with Gasteiger partial charge in [0.25, 0.3) is 0 Å². The van der Waals surface area contributed by atoms with Crippen molar-refractivity contribution in [3.05, 3.63) is 35.4 Å². The molecule has 150 valence electrons. The van der Waals surface area contributed by atoms with E-state index in [2.05, 4.69) is 15.6 Å². The molecule has 0 amide bonds. The van der Waals surface area contributed by atoms with E-state index in [1.165, 1.54) is 32.8 Å². The minimum atomic E-state index is -0.307. The number of nitrogens with zero attached hydrogens (tertiary/aromatic N) is 1. The van der Waals surface area contributed by atoms with Crippen LogP contribution in [0, 0.1) is 5.41 Å². The summed E-state index contributed by atoms with van der Waals surface area (Å²) in [6.07, 6.45) is 7.08. The Morgan fingerprint density at radius 2 is 1.85 bits per heavy atom. The number of ether oxygens (including phenoxy) is 2. The van der Waals surface area contributed by atoms with Crippen LogP contribution in [0.3, 0.4) is 0 Å². The maximum atomic E-state index is 11.5. The van der Waals surface area contributed by atoms with Crippen molar-refractivity contribution >= 4 is 11.9 Å². The maximum absolute atomic E-state index is 11.5. The summed E-state index contributed by atoms with van der Waals surface area (Å²) in [6, 6.07) is 7.52. The van der Waals surface area contributed by atoms with Gasteiger partial charge in [-0.2, -0.15) is 0 Å². The molecule has 27 heavy (non-hydrogen) atoms. The van der Waals surface area contributed by atoms with Gasteiger partial charge >= 0.3 is 5.97 Å². The van der Waals surface area contributed by atoms with Crippen molar-refractivity contribution in [2.75, 3.05) is 41.0 Å². The van der Waals surface area contributed by atoms with Crippen LogP contribution in [-0.4, -0.2) is 52.9 Å². The van der Waals surface area contributed by atoms with Crippen molar-refractivity contribution < 1.29 is 14.3 Å². The zero-order valence-corrected chi connectivity index (χ0v) is 16.8. The lowest BCUT2D eigenvalue weighted by atomic mass is 9.83. The lowest BCUT2D eigenvalue weighted by Crippen LogP contribution is -2.43. The van der Waals surface area contributed by atoms with E-state index in [-0.39, 0.29) is 5.97 Å². The van der Waals surface area contributed by atoms with Gasteiger partial charge in [0.15, 0.2) is 5.96 Å². The van der Waals surface area contributed by atoms with Gasteiger partial charge in [0.2, 0.25) is 0 Å². The zero-order valence-electron chi connectivity index (χ0n) is 16.8. The second-order valence-electron chi connectivity index (χ2n) is 7.24. The Labute approximate surface area is 162 Å². The first-order valence-corrected chi connectivity index (χ1v) is 9.73. The molecule has 0 aliphatic heterocycles. The van der Waals surface area contributed by atoms with Gasteiger partial charge in [-0.05, 0) is 48.8 Å². The molecule has 6 heteroatoms. The lowest BCUT2D eigenvalue weighted by molar-refractivity contribution is 0.0600. The Morgan fingerprint density at radius 1 is 1.15 bits per heavy atom. The SMILES string of the molecule is CN=C(NCCc1ccc(C(=O)OC)cc1)NCC1(CCOC)CCCC1. The van der Waals surface area contributed by atoms with E-state index in [1.807, 2.05) is 12.1 Å². The largest absolute Gasteiger partial charge is 0.465 e. The van der Waals surface area contributed by atoms with E-state index in [9.17, 15) is 4.79 Å². The Hall–Kier alpha value is -2.08. The van der Waals surface area contributed by atoms with Gasteiger partial charge in [0, 0.05) is 33.9 Å². The first-order chi connectivity index (χ1) is 13.1. The fraction of sp³-hybridized carbons (Fsp3) is 0.619. The van der Waals surface area contributed by atoms with Crippen molar-refractivity contribution in [3.8, 4) is 0 Å². The molecule has 0 atom stereocenters. The molecule has 2 N–H and O–H groups in total. The van der Waals surface area contributed by atoms with Crippen LogP contribution in [-0.2, 0) is 15.9 Å². The van der Waals surface area contributed by atoms with Crippen LogP contribution in [0.2, 0.25) is 0 Å². The first-order valence-electron chi connectivity index (χ1n) is 9.73. The fourth-order valence-corrected chi connectivity index (χ4v) is 3.70. The number of benzene rings is 1. The summed E-state index contributed by atoms with van der Waals surface area (Å²) >= 11 is 0. The summed E-state index contributed by atoms with van der Waals surface area (Å²) in [5, 5.41) is 6.88. The molecule has 0 spiro atoms. The van der Waals surface area contributed by atoms with Crippen molar-refractivity contribution in [2.45, 2.75) is 38.5 Å². The van der Waals surface area contributed by atoms with Gasteiger partial charge in [-0.25, -0.2) is 4.79 Å². The van der Waals surface area contributed by atoms with E-state index in [1.54, 1.807) is 26.3 Å². The number of rotatable bonds is 9. The number of guanidine groups is 1. The molecule has 0 aromatic heterocycles. The van der Waals surface area contributed by atoms with Crippen LogP contribution in [0.4, 0.5) is 0 Å². The molecule has 0 bridgehead atoms. The monoisotopic (exact) mass is 375 g/mol. The molecule has 0 radical (unpaired) electrons. The van der Waals surface area contributed by atoms with Crippen molar-refractivity contribution in [3.63, 3.8) is 0 Å². The number of hydrogen-bond donors (Lipinski definition) is 2. The molecule has 2 rings (SSSR count). The highest BCUT2D eigenvalue weighted by Gasteiger charge is 2.33. The predicted octanol–water partition coefficient (Wildman–Crippen LogP) is 2.78. The fourth-order valence-electron chi connectivity index (χ4n) is 3.70. The molecule has 1 aliphatic rings. The predicted molar refractivity (Wildman–Crippen MR) is 108 cm³/mol. The lowest BCUT2D eigenvalue weighted by Gasteiger charge is -2.30. The van der Waals surface area contributed by atoms with Crippen molar-refractivity contribution in [1.29, 1.82) is 0 Å².